The molecule has 0 saturated heterocycles. The molecule has 0 bridgehead atoms. The molecule has 0 N–H and O–H groups in total. The SMILES string of the molecule is CC(C)(C)c1cccc(C#Cc2cccc(C(C)(C)C)c2)c1. The molecule has 0 saturated carbocycles. The molecule has 0 atom stereocenters. The van der Waals surface area contributed by atoms with E-state index in [4.69, 9.17) is 0 Å². The fraction of sp³-hybridized carbons (Fsp3) is 0.364. The van der Waals surface area contributed by atoms with E-state index in [9.17, 15) is 0 Å². The van der Waals surface area contributed by atoms with Crippen LogP contribution in [0.3, 0.4) is 0 Å². The molecule has 0 aliphatic heterocycles. The van der Waals surface area contributed by atoms with Crippen molar-refractivity contribution < 1.29 is 0 Å². The maximum atomic E-state index is 3.30. The second-order valence-corrected chi connectivity index (χ2v) is 7.91. The summed E-state index contributed by atoms with van der Waals surface area (Å²) in [6.07, 6.45) is 0. The van der Waals surface area contributed by atoms with Crippen LogP contribution in [-0.2, 0) is 10.8 Å². The monoisotopic (exact) mass is 290 g/mol. The number of hydrogen-bond acceptors (Lipinski definition) is 0. The van der Waals surface area contributed by atoms with Gasteiger partial charge in [0.2, 0.25) is 0 Å². The minimum Gasteiger partial charge on any atom is -0.0616 e. The molecule has 0 heterocycles. The van der Waals surface area contributed by atoms with Gasteiger partial charge in [0.05, 0.1) is 0 Å². The molecule has 22 heavy (non-hydrogen) atoms. The quantitative estimate of drug-likeness (QED) is 0.547. The summed E-state index contributed by atoms with van der Waals surface area (Å²) in [5.74, 6) is 6.60. The predicted octanol–water partition coefficient (Wildman–Crippen LogP) is 5.68. The molecule has 0 aromatic heterocycles. The van der Waals surface area contributed by atoms with E-state index in [1.54, 1.807) is 0 Å². The minimum absolute atomic E-state index is 0.157. The van der Waals surface area contributed by atoms with Crippen molar-refractivity contribution >= 4 is 0 Å². The summed E-state index contributed by atoms with van der Waals surface area (Å²) in [5.41, 5.74) is 5.11. The molecule has 114 valence electrons. The lowest BCUT2D eigenvalue weighted by molar-refractivity contribution is 0.590. The molecule has 0 unspecified atom stereocenters. The van der Waals surface area contributed by atoms with Crippen LogP contribution < -0.4 is 0 Å². The molecule has 2 aromatic rings. The molecule has 2 rings (SSSR count). The van der Waals surface area contributed by atoms with Gasteiger partial charge < -0.3 is 0 Å². The average molecular weight is 290 g/mol. The predicted molar refractivity (Wildman–Crippen MR) is 96.3 cm³/mol. The molecule has 0 amide bonds. The lowest BCUT2D eigenvalue weighted by Gasteiger charge is -2.19. The maximum absolute atomic E-state index is 3.30. The van der Waals surface area contributed by atoms with Crippen molar-refractivity contribution in [3.05, 3.63) is 70.8 Å². The number of benzene rings is 2. The van der Waals surface area contributed by atoms with E-state index in [0.717, 1.165) is 11.1 Å². The molecule has 0 nitrogen and oxygen atoms in total. The second kappa shape index (κ2) is 6.01. The third-order valence-corrected chi connectivity index (χ3v) is 3.81. The highest BCUT2D eigenvalue weighted by Gasteiger charge is 2.14. The van der Waals surface area contributed by atoms with Gasteiger partial charge in [0.15, 0.2) is 0 Å². The molecule has 0 radical (unpaired) electrons. The first kappa shape index (κ1) is 16.4. The Balaban J connectivity index is 2.32. The fourth-order valence-corrected chi connectivity index (χ4v) is 2.27. The third kappa shape index (κ3) is 4.25. The first-order chi connectivity index (χ1) is 10.2. The molecular formula is C22H26. The van der Waals surface area contributed by atoms with Gasteiger partial charge in [0, 0.05) is 11.1 Å². The Bertz CT molecular complexity index is 648. The molecule has 0 heteroatoms. The van der Waals surface area contributed by atoms with Crippen molar-refractivity contribution in [2.45, 2.75) is 52.4 Å². The highest BCUT2D eigenvalue weighted by molar-refractivity contribution is 5.46. The molecular weight excluding hydrogens is 264 g/mol. The van der Waals surface area contributed by atoms with Crippen LogP contribution in [0.4, 0.5) is 0 Å². The molecule has 0 aliphatic carbocycles. The Kier molecular flexibility index (Phi) is 4.47. The summed E-state index contributed by atoms with van der Waals surface area (Å²) in [6, 6.07) is 17.1. The van der Waals surface area contributed by atoms with Crippen LogP contribution in [0.5, 0.6) is 0 Å². The van der Waals surface area contributed by atoms with Crippen LogP contribution in [0.15, 0.2) is 48.5 Å². The Labute approximate surface area is 135 Å². The van der Waals surface area contributed by atoms with Gasteiger partial charge in [-0.2, -0.15) is 0 Å². The van der Waals surface area contributed by atoms with E-state index >= 15 is 0 Å². The summed E-state index contributed by atoms with van der Waals surface area (Å²) in [4.78, 5) is 0. The summed E-state index contributed by atoms with van der Waals surface area (Å²) >= 11 is 0. The zero-order valence-corrected chi connectivity index (χ0v) is 14.6. The van der Waals surface area contributed by atoms with Gasteiger partial charge in [0.1, 0.15) is 0 Å². The Morgan fingerprint density at radius 2 is 0.955 bits per heavy atom. The third-order valence-electron chi connectivity index (χ3n) is 3.81. The first-order valence-electron chi connectivity index (χ1n) is 7.89. The zero-order valence-electron chi connectivity index (χ0n) is 14.6. The van der Waals surface area contributed by atoms with Crippen LogP contribution in [0.1, 0.15) is 63.8 Å². The fourth-order valence-electron chi connectivity index (χ4n) is 2.27. The first-order valence-corrected chi connectivity index (χ1v) is 7.89. The highest BCUT2D eigenvalue weighted by atomic mass is 14.2. The topological polar surface area (TPSA) is 0 Å². The van der Waals surface area contributed by atoms with Gasteiger partial charge in [-0.1, -0.05) is 77.6 Å². The molecule has 0 fully saturated rings. The van der Waals surface area contributed by atoms with Crippen molar-refractivity contribution in [3.63, 3.8) is 0 Å². The Morgan fingerprint density at radius 3 is 1.27 bits per heavy atom. The zero-order chi connectivity index (χ0) is 16.4. The van der Waals surface area contributed by atoms with E-state index < -0.39 is 0 Å². The smallest absolute Gasteiger partial charge is 0.0251 e. The summed E-state index contributed by atoms with van der Waals surface area (Å²) in [6.45, 7) is 13.4. The van der Waals surface area contributed by atoms with E-state index in [-0.39, 0.29) is 10.8 Å². The normalized spacial score (nSPS) is 11.7. The Morgan fingerprint density at radius 1 is 0.591 bits per heavy atom. The lowest BCUT2D eigenvalue weighted by atomic mass is 9.86. The molecule has 0 spiro atoms. The van der Waals surface area contributed by atoms with Crippen molar-refractivity contribution in [1.29, 1.82) is 0 Å². The van der Waals surface area contributed by atoms with Gasteiger partial charge >= 0.3 is 0 Å². The number of hydrogen-bond donors (Lipinski definition) is 0. The van der Waals surface area contributed by atoms with E-state index in [1.165, 1.54) is 11.1 Å². The Hall–Kier alpha value is -2.00. The lowest BCUT2D eigenvalue weighted by Crippen LogP contribution is -2.11. The van der Waals surface area contributed by atoms with E-state index in [2.05, 4.69) is 102 Å². The van der Waals surface area contributed by atoms with Crippen LogP contribution >= 0.6 is 0 Å². The van der Waals surface area contributed by atoms with E-state index in [0.29, 0.717) is 0 Å². The number of rotatable bonds is 0. The van der Waals surface area contributed by atoms with Gasteiger partial charge in [0.25, 0.3) is 0 Å². The van der Waals surface area contributed by atoms with Crippen molar-refractivity contribution in [2.24, 2.45) is 0 Å². The summed E-state index contributed by atoms with van der Waals surface area (Å²) < 4.78 is 0. The largest absolute Gasteiger partial charge is 0.0616 e. The van der Waals surface area contributed by atoms with Crippen molar-refractivity contribution in [3.8, 4) is 11.8 Å². The highest BCUT2D eigenvalue weighted by Crippen LogP contribution is 2.23. The van der Waals surface area contributed by atoms with Crippen LogP contribution in [0.2, 0.25) is 0 Å². The van der Waals surface area contributed by atoms with Crippen LogP contribution in [-0.4, -0.2) is 0 Å². The minimum atomic E-state index is 0.157. The van der Waals surface area contributed by atoms with Gasteiger partial charge in [-0.25, -0.2) is 0 Å². The summed E-state index contributed by atoms with van der Waals surface area (Å²) in [7, 11) is 0. The van der Waals surface area contributed by atoms with Crippen molar-refractivity contribution in [2.75, 3.05) is 0 Å². The maximum Gasteiger partial charge on any atom is 0.0251 e. The van der Waals surface area contributed by atoms with Crippen LogP contribution in [0, 0.1) is 11.8 Å². The van der Waals surface area contributed by atoms with Gasteiger partial charge in [-0.3, -0.25) is 0 Å². The molecule has 0 aliphatic rings. The second-order valence-electron chi connectivity index (χ2n) is 7.91. The summed E-state index contributed by atoms with van der Waals surface area (Å²) in [5, 5.41) is 0. The average Bonchev–Trinajstić information content (AvgIpc) is 2.44. The van der Waals surface area contributed by atoms with Gasteiger partial charge in [-0.15, -0.1) is 0 Å². The standard InChI is InChI=1S/C22H26/c1-21(2,3)19-11-7-9-17(15-19)13-14-18-10-8-12-20(16-18)22(4,5)6/h7-12,15-16H,1-6H3. The van der Waals surface area contributed by atoms with Crippen molar-refractivity contribution in [1.82, 2.24) is 0 Å². The van der Waals surface area contributed by atoms with E-state index in [1.807, 2.05) is 0 Å². The molecule has 2 aromatic carbocycles. The van der Waals surface area contributed by atoms with Crippen LogP contribution in [0.25, 0.3) is 0 Å². The van der Waals surface area contributed by atoms with Gasteiger partial charge in [-0.05, 0) is 46.2 Å².